The molecular weight excluding hydrogens is 354 g/mol. The number of aryl methyl sites for hydroxylation is 2. The predicted octanol–water partition coefficient (Wildman–Crippen LogP) is 2.20. The molecule has 146 valence electrons. The van der Waals surface area contributed by atoms with Gasteiger partial charge in [-0.15, -0.1) is 0 Å². The van der Waals surface area contributed by atoms with Crippen molar-refractivity contribution in [1.82, 2.24) is 19.7 Å². The first-order valence-corrected chi connectivity index (χ1v) is 9.35. The van der Waals surface area contributed by atoms with E-state index in [4.69, 9.17) is 10.5 Å². The van der Waals surface area contributed by atoms with Crippen LogP contribution in [0.5, 0.6) is 5.75 Å². The second kappa shape index (κ2) is 7.38. The smallest absolute Gasteiger partial charge is 0.182 e. The molecule has 1 fully saturated rings. The predicted molar refractivity (Wildman–Crippen MR) is 110 cm³/mol. The second-order valence-corrected chi connectivity index (χ2v) is 6.95. The van der Waals surface area contributed by atoms with Gasteiger partial charge in [0.05, 0.1) is 12.8 Å². The lowest BCUT2D eigenvalue weighted by Crippen LogP contribution is -2.47. The lowest BCUT2D eigenvalue weighted by Gasteiger charge is -2.37. The highest BCUT2D eigenvalue weighted by Gasteiger charge is 2.22. The molecule has 0 unspecified atom stereocenters. The Labute approximate surface area is 164 Å². The van der Waals surface area contributed by atoms with Gasteiger partial charge in [-0.05, 0) is 44.2 Å². The fourth-order valence-corrected chi connectivity index (χ4v) is 3.61. The minimum atomic E-state index is 0.562. The quantitative estimate of drug-likeness (QED) is 0.744. The summed E-state index contributed by atoms with van der Waals surface area (Å²) in [4.78, 5) is 13.4. The van der Waals surface area contributed by atoms with E-state index in [0.29, 0.717) is 11.5 Å². The van der Waals surface area contributed by atoms with Crippen LogP contribution < -0.4 is 20.3 Å². The summed E-state index contributed by atoms with van der Waals surface area (Å²) in [5.74, 6) is 2.27. The molecule has 0 amide bonds. The van der Waals surface area contributed by atoms with Gasteiger partial charge in [0.15, 0.2) is 11.6 Å². The molecule has 2 aromatic heterocycles. The number of ether oxygens (including phenoxy) is 1. The third-order valence-electron chi connectivity index (χ3n) is 5.07. The lowest BCUT2D eigenvalue weighted by atomic mass is 10.2. The van der Waals surface area contributed by atoms with Crippen molar-refractivity contribution in [2.75, 3.05) is 48.8 Å². The van der Waals surface area contributed by atoms with Crippen LogP contribution in [0.15, 0.2) is 36.7 Å². The Morgan fingerprint density at radius 2 is 1.57 bits per heavy atom. The third kappa shape index (κ3) is 3.33. The minimum Gasteiger partial charge on any atom is -0.497 e. The topological polar surface area (TPSA) is 85.3 Å². The summed E-state index contributed by atoms with van der Waals surface area (Å²) in [6, 6.07) is 10.2. The van der Waals surface area contributed by atoms with E-state index in [9.17, 15) is 0 Å². The standard InChI is InChI=1S/C20H25N7O/c1-14-12-15(2)27(24-14)20-18(21)19(22-13-23-20)26-10-8-25(9-11-26)16-4-6-17(28-3)7-5-16/h4-7,12-13H,8-11,21H2,1-3H3. The van der Waals surface area contributed by atoms with Gasteiger partial charge in [-0.2, -0.15) is 5.10 Å². The molecule has 28 heavy (non-hydrogen) atoms. The zero-order chi connectivity index (χ0) is 19.7. The number of hydrogen-bond donors (Lipinski definition) is 1. The molecule has 1 aromatic carbocycles. The van der Waals surface area contributed by atoms with Gasteiger partial charge in [0.1, 0.15) is 17.8 Å². The van der Waals surface area contributed by atoms with E-state index >= 15 is 0 Å². The van der Waals surface area contributed by atoms with Gasteiger partial charge in [0, 0.05) is 37.6 Å². The average molecular weight is 379 g/mol. The average Bonchev–Trinajstić information content (AvgIpc) is 3.06. The Bertz CT molecular complexity index is 959. The number of benzene rings is 1. The number of nitrogen functional groups attached to an aromatic ring is 1. The fraction of sp³-hybridized carbons (Fsp3) is 0.350. The Morgan fingerprint density at radius 1 is 0.929 bits per heavy atom. The monoisotopic (exact) mass is 379 g/mol. The van der Waals surface area contributed by atoms with Gasteiger partial charge in [0.25, 0.3) is 0 Å². The second-order valence-electron chi connectivity index (χ2n) is 6.95. The molecule has 0 spiro atoms. The van der Waals surface area contributed by atoms with Gasteiger partial charge in [-0.25, -0.2) is 14.6 Å². The van der Waals surface area contributed by atoms with E-state index in [1.165, 1.54) is 5.69 Å². The maximum atomic E-state index is 6.45. The Morgan fingerprint density at radius 3 is 2.18 bits per heavy atom. The van der Waals surface area contributed by atoms with Gasteiger partial charge < -0.3 is 20.3 Å². The molecule has 8 heteroatoms. The van der Waals surface area contributed by atoms with E-state index < -0.39 is 0 Å². The molecule has 8 nitrogen and oxygen atoms in total. The zero-order valence-electron chi connectivity index (χ0n) is 16.5. The number of piperazine rings is 1. The Balaban J connectivity index is 1.52. The normalized spacial score (nSPS) is 14.4. The molecule has 1 aliphatic heterocycles. The van der Waals surface area contributed by atoms with Crippen LogP contribution in [-0.2, 0) is 0 Å². The van der Waals surface area contributed by atoms with E-state index in [-0.39, 0.29) is 0 Å². The lowest BCUT2D eigenvalue weighted by molar-refractivity contribution is 0.415. The highest BCUT2D eigenvalue weighted by atomic mass is 16.5. The summed E-state index contributed by atoms with van der Waals surface area (Å²) >= 11 is 0. The molecule has 1 saturated heterocycles. The summed E-state index contributed by atoms with van der Waals surface area (Å²) in [6.45, 7) is 7.42. The molecule has 3 heterocycles. The van der Waals surface area contributed by atoms with Crippen LogP contribution in [0.4, 0.5) is 17.2 Å². The summed E-state index contributed by atoms with van der Waals surface area (Å²) in [7, 11) is 1.68. The van der Waals surface area contributed by atoms with Crippen molar-refractivity contribution in [3.63, 3.8) is 0 Å². The number of aromatic nitrogens is 4. The number of hydrogen-bond acceptors (Lipinski definition) is 7. The van der Waals surface area contributed by atoms with Crippen molar-refractivity contribution in [2.24, 2.45) is 0 Å². The Hall–Kier alpha value is -3.29. The first-order valence-electron chi connectivity index (χ1n) is 9.35. The molecule has 2 N–H and O–H groups in total. The molecule has 0 saturated carbocycles. The van der Waals surface area contributed by atoms with Gasteiger partial charge in [-0.1, -0.05) is 0 Å². The van der Waals surface area contributed by atoms with E-state index in [1.807, 2.05) is 32.0 Å². The number of rotatable bonds is 4. The van der Waals surface area contributed by atoms with E-state index in [0.717, 1.165) is 49.1 Å². The van der Waals surface area contributed by atoms with Crippen molar-refractivity contribution in [1.29, 1.82) is 0 Å². The van der Waals surface area contributed by atoms with Crippen molar-refractivity contribution >= 4 is 17.2 Å². The minimum absolute atomic E-state index is 0.562. The molecule has 0 aliphatic carbocycles. The van der Waals surface area contributed by atoms with Gasteiger partial charge in [0.2, 0.25) is 0 Å². The summed E-state index contributed by atoms with van der Waals surface area (Å²) < 4.78 is 7.02. The van der Waals surface area contributed by atoms with Crippen molar-refractivity contribution < 1.29 is 4.74 Å². The molecule has 1 aliphatic rings. The van der Waals surface area contributed by atoms with Gasteiger partial charge >= 0.3 is 0 Å². The molecule has 0 atom stereocenters. The van der Waals surface area contributed by atoms with Crippen LogP contribution in [0.2, 0.25) is 0 Å². The third-order valence-corrected chi connectivity index (χ3v) is 5.07. The van der Waals surface area contributed by atoms with E-state index in [1.54, 1.807) is 18.1 Å². The highest BCUT2D eigenvalue weighted by molar-refractivity contribution is 5.70. The van der Waals surface area contributed by atoms with Crippen LogP contribution in [0.1, 0.15) is 11.4 Å². The molecule has 0 bridgehead atoms. The summed E-state index contributed by atoms with van der Waals surface area (Å²) in [5, 5.41) is 4.50. The highest BCUT2D eigenvalue weighted by Crippen LogP contribution is 2.28. The van der Waals surface area contributed by atoms with Crippen molar-refractivity contribution in [2.45, 2.75) is 13.8 Å². The van der Waals surface area contributed by atoms with Crippen LogP contribution in [-0.4, -0.2) is 53.0 Å². The maximum absolute atomic E-state index is 6.45. The first-order chi connectivity index (χ1) is 13.6. The van der Waals surface area contributed by atoms with Crippen LogP contribution in [0.3, 0.4) is 0 Å². The number of nitrogens with two attached hydrogens (primary N) is 1. The van der Waals surface area contributed by atoms with E-state index in [2.05, 4.69) is 37.0 Å². The number of anilines is 3. The zero-order valence-corrected chi connectivity index (χ0v) is 16.5. The van der Waals surface area contributed by atoms with Gasteiger partial charge in [-0.3, -0.25) is 0 Å². The largest absolute Gasteiger partial charge is 0.497 e. The van der Waals surface area contributed by atoms with Crippen LogP contribution >= 0.6 is 0 Å². The summed E-state index contributed by atoms with van der Waals surface area (Å²) in [5.41, 5.74) is 10.1. The fourth-order valence-electron chi connectivity index (χ4n) is 3.61. The summed E-state index contributed by atoms with van der Waals surface area (Å²) in [6.07, 6.45) is 1.56. The van der Waals surface area contributed by atoms with Crippen molar-refractivity contribution in [3.05, 3.63) is 48.0 Å². The Kier molecular flexibility index (Phi) is 4.77. The maximum Gasteiger partial charge on any atom is 0.182 e. The SMILES string of the molecule is COc1ccc(N2CCN(c3ncnc(-n4nc(C)cc4C)c3N)CC2)cc1. The van der Waals surface area contributed by atoms with Crippen molar-refractivity contribution in [3.8, 4) is 11.6 Å². The van der Waals surface area contributed by atoms with Crippen LogP contribution in [0, 0.1) is 13.8 Å². The first kappa shape index (κ1) is 18.1. The van der Waals surface area contributed by atoms with Crippen LogP contribution in [0.25, 0.3) is 5.82 Å². The molecule has 0 radical (unpaired) electrons. The number of methoxy groups -OCH3 is 1. The molecule has 3 aromatic rings. The molecule has 4 rings (SSSR count). The number of nitrogens with zero attached hydrogens (tertiary/aromatic N) is 6. The molecular formula is C20H25N7O.